The van der Waals surface area contributed by atoms with E-state index in [1.54, 1.807) is 0 Å². The van der Waals surface area contributed by atoms with Crippen LogP contribution in [0.4, 0.5) is 0 Å². The second-order valence-corrected chi connectivity index (χ2v) is 7.87. The zero-order valence-electron chi connectivity index (χ0n) is 15.0. The summed E-state index contributed by atoms with van der Waals surface area (Å²) in [6.45, 7) is 7.76. The van der Waals surface area contributed by atoms with E-state index in [9.17, 15) is 4.79 Å². The number of ether oxygens (including phenoxy) is 2. The molecule has 0 spiro atoms. The summed E-state index contributed by atoms with van der Waals surface area (Å²) in [6, 6.07) is 5.83. The minimum absolute atomic E-state index is 0.0900. The third-order valence-corrected chi connectivity index (χ3v) is 5.73. The molecule has 0 aromatic heterocycles. The molecule has 2 aliphatic rings. The van der Waals surface area contributed by atoms with Crippen LogP contribution >= 0.6 is 11.8 Å². The van der Waals surface area contributed by atoms with Crippen molar-refractivity contribution in [1.82, 2.24) is 10.2 Å². The molecule has 0 unspecified atom stereocenters. The van der Waals surface area contributed by atoms with Crippen molar-refractivity contribution in [3.63, 3.8) is 0 Å². The van der Waals surface area contributed by atoms with Crippen LogP contribution in [0.15, 0.2) is 23.1 Å². The molecule has 138 valence electrons. The predicted molar refractivity (Wildman–Crippen MR) is 101 cm³/mol. The highest BCUT2D eigenvalue weighted by molar-refractivity contribution is 8.00. The lowest BCUT2D eigenvalue weighted by molar-refractivity contribution is -0.118. The SMILES string of the molecule is CC1CCN(CCCNC(=O)CSc2ccc3c(c2)OCCO3)CC1. The topological polar surface area (TPSA) is 50.8 Å². The van der Waals surface area contributed by atoms with Crippen molar-refractivity contribution in [2.24, 2.45) is 5.92 Å². The zero-order chi connectivity index (χ0) is 17.5. The molecule has 2 aliphatic heterocycles. The minimum atomic E-state index is 0.0900. The number of likely N-dealkylation sites (tertiary alicyclic amines) is 1. The van der Waals surface area contributed by atoms with Crippen LogP contribution in [0.1, 0.15) is 26.2 Å². The van der Waals surface area contributed by atoms with Crippen LogP contribution < -0.4 is 14.8 Å². The summed E-state index contributed by atoms with van der Waals surface area (Å²) in [4.78, 5) is 15.5. The van der Waals surface area contributed by atoms with Gasteiger partial charge in [-0.05, 0) is 63.0 Å². The Kier molecular flexibility index (Phi) is 6.87. The lowest BCUT2D eigenvalue weighted by Crippen LogP contribution is -2.35. The van der Waals surface area contributed by atoms with E-state index < -0.39 is 0 Å². The van der Waals surface area contributed by atoms with Gasteiger partial charge in [-0.25, -0.2) is 0 Å². The van der Waals surface area contributed by atoms with E-state index in [0.717, 1.165) is 41.8 Å². The van der Waals surface area contributed by atoms with Crippen LogP contribution in [0.2, 0.25) is 0 Å². The Morgan fingerprint density at radius 1 is 1.24 bits per heavy atom. The molecule has 0 saturated carbocycles. The van der Waals surface area contributed by atoms with E-state index in [2.05, 4.69) is 17.1 Å². The molecule has 0 aliphatic carbocycles. The highest BCUT2D eigenvalue weighted by Crippen LogP contribution is 2.34. The van der Waals surface area contributed by atoms with E-state index in [1.165, 1.54) is 37.7 Å². The predicted octanol–water partition coefficient (Wildman–Crippen LogP) is 2.79. The maximum absolute atomic E-state index is 12.0. The standard InChI is InChI=1S/C19H28N2O3S/c1-15-5-9-21(10-6-15)8-2-7-20-19(22)14-25-16-3-4-17-18(13-16)24-12-11-23-17/h3-4,13,15H,2,5-12,14H2,1H3,(H,20,22). The number of thioether (sulfide) groups is 1. The van der Waals surface area contributed by atoms with Crippen LogP contribution in [0.5, 0.6) is 11.5 Å². The van der Waals surface area contributed by atoms with Gasteiger partial charge in [0.05, 0.1) is 5.75 Å². The number of hydrogen-bond donors (Lipinski definition) is 1. The monoisotopic (exact) mass is 364 g/mol. The van der Waals surface area contributed by atoms with Gasteiger partial charge in [0, 0.05) is 11.4 Å². The van der Waals surface area contributed by atoms with Crippen molar-refractivity contribution in [3.8, 4) is 11.5 Å². The van der Waals surface area contributed by atoms with Crippen LogP contribution in [0.25, 0.3) is 0 Å². The first-order chi connectivity index (χ1) is 12.2. The van der Waals surface area contributed by atoms with Gasteiger partial charge >= 0.3 is 0 Å². The van der Waals surface area contributed by atoms with Crippen LogP contribution in [0.3, 0.4) is 0 Å². The van der Waals surface area contributed by atoms with Gasteiger partial charge in [0.1, 0.15) is 13.2 Å². The molecule has 1 amide bonds. The van der Waals surface area contributed by atoms with Gasteiger partial charge < -0.3 is 19.7 Å². The molecule has 6 heteroatoms. The molecule has 1 fully saturated rings. The van der Waals surface area contributed by atoms with Crippen molar-refractivity contribution in [2.75, 3.05) is 45.1 Å². The molecular formula is C19H28N2O3S. The molecule has 1 aromatic carbocycles. The maximum Gasteiger partial charge on any atom is 0.230 e. The van der Waals surface area contributed by atoms with E-state index in [4.69, 9.17) is 9.47 Å². The highest BCUT2D eigenvalue weighted by Gasteiger charge is 2.15. The van der Waals surface area contributed by atoms with Crippen molar-refractivity contribution in [2.45, 2.75) is 31.1 Å². The van der Waals surface area contributed by atoms with Crippen molar-refractivity contribution < 1.29 is 14.3 Å². The molecule has 1 N–H and O–H groups in total. The average Bonchev–Trinajstić information content (AvgIpc) is 2.65. The number of rotatable bonds is 7. The molecule has 2 heterocycles. The molecular weight excluding hydrogens is 336 g/mol. The number of piperidine rings is 1. The van der Waals surface area contributed by atoms with Gasteiger partial charge in [-0.1, -0.05) is 6.92 Å². The third kappa shape index (κ3) is 5.82. The number of amides is 1. The van der Waals surface area contributed by atoms with Crippen molar-refractivity contribution in [3.05, 3.63) is 18.2 Å². The largest absolute Gasteiger partial charge is 0.486 e. The van der Waals surface area contributed by atoms with Gasteiger partial charge in [-0.2, -0.15) is 0 Å². The number of carbonyl (C=O) groups is 1. The summed E-state index contributed by atoms with van der Waals surface area (Å²) >= 11 is 1.53. The number of hydrogen-bond acceptors (Lipinski definition) is 5. The molecule has 0 radical (unpaired) electrons. The van der Waals surface area contributed by atoms with E-state index in [-0.39, 0.29) is 5.91 Å². The second-order valence-electron chi connectivity index (χ2n) is 6.82. The third-order valence-electron chi connectivity index (χ3n) is 4.73. The first-order valence-electron chi connectivity index (χ1n) is 9.22. The minimum Gasteiger partial charge on any atom is -0.486 e. The van der Waals surface area contributed by atoms with Gasteiger partial charge in [0.15, 0.2) is 11.5 Å². The van der Waals surface area contributed by atoms with Crippen molar-refractivity contribution in [1.29, 1.82) is 0 Å². The number of fused-ring (bicyclic) bond motifs is 1. The molecule has 25 heavy (non-hydrogen) atoms. The Balaban J connectivity index is 1.30. The summed E-state index contributed by atoms with van der Waals surface area (Å²) in [5, 5.41) is 3.02. The fraction of sp³-hybridized carbons (Fsp3) is 0.632. The maximum atomic E-state index is 12.0. The second kappa shape index (κ2) is 9.34. The summed E-state index contributed by atoms with van der Waals surface area (Å²) in [5.74, 6) is 2.95. The smallest absolute Gasteiger partial charge is 0.230 e. The fourth-order valence-electron chi connectivity index (χ4n) is 3.13. The number of nitrogens with zero attached hydrogens (tertiary/aromatic N) is 1. The lowest BCUT2D eigenvalue weighted by atomic mass is 9.99. The average molecular weight is 365 g/mol. The summed E-state index contributed by atoms with van der Waals surface area (Å²) in [5.41, 5.74) is 0. The first kappa shape index (κ1) is 18.4. The van der Waals surface area contributed by atoms with Gasteiger partial charge in [0.25, 0.3) is 0 Å². The number of carbonyl (C=O) groups excluding carboxylic acids is 1. The number of nitrogens with one attached hydrogen (secondary N) is 1. The Morgan fingerprint density at radius 2 is 2.00 bits per heavy atom. The molecule has 3 rings (SSSR count). The fourth-order valence-corrected chi connectivity index (χ4v) is 3.88. The molecule has 5 nitrogen and oxygen atoms in total. The molecule has 0 bridgehead atoms. The van der Waals surface area contributed by atoms with E-state index in [0.29, 0.717) is 19.0 Å². The van der Waals surface area contributed by atoms with Crippen LogP contribution in [-0.4, -0.2) is 56.0 Å². The van der Waals surface area contributed by atoms with Gasteiger partial charge in [-0.3, -0.25) is 4.79 Å². The lowest BCUT2D eigenvalue weighted by Gasteiger charge is -2.30. The summed E-state index contributed by atoms with van der Waals surface area (Å²) < 4.78 is 11.1. The molecule has 0 atom stereocenters. The van der Waals surface area contributed by atoms with Gasteiger partial charge in [0.2, 0.25) is 5.91 Å². The Morgan fingerprint density at radius 3 is 2.80 bits per heavy atom. The van der Waals surface area contributed by atoms with Crippen LogP contribution in [0, 0.1) is 5.92 Å². The number of benzene rings is 1. The molecule has 1 aromatic rings. The highest BCUT2D eigenvalue weighted by atomic mass is 32.2. The quantitative estimate of drug-likeness (QED) is 0.596. The van der Waals surface area contributed by atoms with Crippen LogP contribution in [-0.2, 0) is 4.79 Å². The first-order valence-corrected chi connectivity index (χ1v) is 10.2. The Labute approximate surface area is 154 Å². The normalized spacial score (nSPS) is 18.1. The van der Waals surface area contributed by atoms with Crippen molar-refractivity contribution >= 4 is 17.7 Å². The summed E-state index contributed by atoms with van der Waals surface area (Å²) in [6.07, 6.45) is 3.63. The summed E-state index contributed by atoms with van der Waals surface area (Å²) in [7, 11) is 0. The van der Waals surface area contributed by atoms with E-state index >= 15 is 0 Å². The Hall–Kier alpha value is -1.40. The Bertz CT molecular complexity index is 574. The molecule has 1 saturated heterocycles. The zero-order valence-corrected chi connectivity index (χ0v) is 15.8. The van der Waals surface area contributed by atoms with Gasteiger partial charge in [-0.15, -0.1) is 11.8 Å². The van der Waals surface area contributed by atoms with E-state index in [1.807, 2.05) is 18.2 Å².